The molecule has 0 atom stereocenters. The van der Waals surface area contributed by atoms with Crippen LogP contribution in [0, 0.1) is 11.8 Å². The molecule has 3 nitrogen and oxygen atoms in total. The molecule has 4 rings (SSSR count). The van der Waals surface area contributed by atoms with Crippen LogP contribution in [0.1, 0.15) is 62.8 Å². The van der Waals surface area contributed by atoms with Crippen LogP contribution < -0.4 is 5.32 Å². The van der Waals surface area contributed by atoms with Gasteiger partial charge in [0.15, 0.2) is 0 Å². The average Bonchev–Trinajstić information content (AvgIpc) is 3.52. The molecule has 0 bridgehead atoms. The fourth-order valence-electron chi connectivity index (χ4n) is 4.62. The first-order chi connectivity index (χ1) is 12.3. The zero-order valence-corrected chi connectivity index (χ0v) is 15.3. The van der Waals surface area contributed by atoms with Crippen LogP contribution in [0.2, 0.25) is 0 Å². The van der Waals surface area contributed by atoms with Gasteiger partial charge < -0.3 is 10.2 Å². The van der Waals surface area contributed by atoms with Crippen LogP contribution in [0.3, 0.4) is 0 Å². The molecule has 2 aliphatic carbocycles. The van der Waals surface area contributed by atoms with E-state index in [0.717, 1.165) is 44.7 Å². The van der Waals surface area contributed by atoms with Gasteiger partial charge in [0.1, 0.15) is 0 Å². The van der Waals surface area contributed by atoms with E-state index in [4.69, 9.17) is 0 Å². The van der Waals surface area contributed by atoms with E-state index < -0.39 is 0 Å². The van der Waals surface area contributed by atoms with Gasteiger partial charge in [-0.25, -0.2) is 0 Å². The number of benzene rings is 1. The Labute approximate surface area is 152 Å². The molecule has 25 heavy (non-hydrogen) atoms. The lowest BCUT2D eigenvalue weighted by molar-refractivity contribution is -0.137. The minimum atomic E-state index is 0.274. The first-order valence-electron chi connectivity index (χ1n) is 10.4. The standard InChI is InChI=1S/C22H32N2O/c25-22(24-14-12-21(13-15-24)23-16-17-6-7-17)20-10-8-19(9-11-20)18-4-2-1-3-5-18/h1-5,17,19-21,23H,6-16H2. The van der Waals surface area contributed by atoms with Gasteiger partial charge in [-0.1, -0.05) is 30.3 Å². The summed E-state index contributed by atoms with van der Waals surface area (Å²) >= 11 is 0. The molecule has 0 radical (unpaired) electrons. The molecular weight excluding hydrogens is 308 g/mol. The first kappa shape index (κ1) is 17.1. The van der Waals surface area contributed by atoms with Crippen molar-refractivity contribution in [2.75, 3.05) is 19.6 Å². The lowest BCUT2D eigenvalue weighted by atomic mass is 9.78. The number of likely N-dealkylation sites (tertiary alicyclic amines) is 1. The SMILES string of the molecule is O=C(C1CCC(c2ccccc2)CC1)N1CCC(NCC2CC2)CC1. The molecule has 1 aromatic carbocycles. The Bertz CT molecular complexity index is 553. The van der Waals surface area contributed by atoms with Crippen LogP contribution in [0.5, 0.6) is 0 Å². The van der Waals surface area contributed by atoms with Crippen LogP contribution >= 0.6 is 0 Å². The number of hydrogen-bond acceptors (Lipinski definition) is 2. The van der Waals surface area contributed by atoms with Crippen molar-refractivity contribution in [3.05, 3.63) is 35.9 Å². The molecule has 136 valence electrons. The Morgan fingerprint density at radius 1 is 0.920 bits per heavy atom. The Kier molecular flexibility index (Phi) is 5.40. The molecule has 1 N–H and O–H groups in total. The van der Waals surface area contributed by atoms with Gasteiger partial charge in [-0.2, -0.15) is 0 Å². The predicted molar refractivity (Wildman–Crippen MR) is 101 cm³/mol. The van der Waals surface area contributed by atoms with Crippen molar-refractivity contribution in [1.29, 1.82) is 0 Å². The highest BCUT2D eigenvalue weighted by Gasteiger charge is 2.32. The Morgan fingerprint density at radius 2 is 1.60 bits per heavy atom. The van der Waals surface area contributed by atoms with Crippen molar-refractivity contribution >= 4 is 5.91 Å². The molecule has 0 unspecified atom stereocenters. The maximum absolute atomic E-state index is 12.9. The molecule has 3 aliphatic rings. The normalized spacial score (nSPS) is 28.1. The Balaban J connectivity index is 1.21. The zero-order chi connectivity index (χ0) is 17.1. The lowest BCUT2D eigenvalue weighted by Gasteiger charge is -2.36. The topological polar surface area (TPSA) is 32.3 Å². The van der Waals surface area contributed by atoms with E-state index in [-0.39, 0.29) is 5.92 Å². The van der Waals surface area contributed by atoms with Crippen LogP contribution in [0.4, 0.5) is 0 Å². The summed E-state index contributed by atoms with van der Waals surface area (Å²) in [5.41, 5.74) is 1.45. The van der Waals surface area contributed by atoms with Gasteiger partial charge in [-0.05, 0) is 75.3 Å². The summed E-state index contributed by atoms with van der Waals surface area (Å²) in [5, 5.41) is 3.71. The summed E-state index contributed by atoms with van der Waals surface area (Å²) in [6, 6.07) is 11.5. The third-order valence-corrected chi connectivity index (χ3v) is 6.55. The van der Waals surface area contributed by atoms with E-state index in [9.17, 15) is 4.79 Å². The highest BCUT2D eigenvalue weighted by atomic mass is 16.2. The van der Waals surface area contributed by atoms with E-state index in [1.54, 1.807) is 0 Å². The monoisotopic (exact) mass is 340 g/mol. The van der Waals surface area contributed by atoms with Crippen molar-refractivity contribution < 1.29 is 4.79 Å². The number of nitrogens with zero attached hydrogens (tertiary/aromatic N) is 1. The van der Waals surface area contributed by atoms with Crippen LogP contribution in [-0.2, 0) is 4.79 Å². The van der Waals surface area contributed by atoms with Crippen LogP contribution in [0.15, 0.2) is 30.3 Å². The largest absolute Gasteiger partial charge is 0.342 e. The number of nitrogens with one attached hydrogen (secondary N) is 1. The smallest absolute Gasteiger partial charge is 0.225 e. The van der Waals surface area contributed by atoms with Crippen molar-refractivity contribution in [2.24, 2.45) is 11.8 Å². The van der Waals surface area contributed by atoms with Crippen molar-refractivity contribution in [3.8, 4) is 0 Å². The fraction of sp³-hybridized carbons (Fsp3) is 0.682. The van der Waals surface area contributed by atoms with Crippen molar-refractivity contribution in [3.63, 3.8) is 0 Å². The zero-order valence-electron chi connectivity index (χ0n) is 15.3. The fourth-order valence-corrected chi connectivity index (χ4v) is 4.62. The highest BCUT2D eigenvalue weighted by molar-refractivity contribution is 5.79. The van der Waals surface area contributed by atoms with Gasteiger partial charge in [0.05, 0.1) is 0 Å². The number of carbonyl (C=O) groups is 1. The van der Waals surface area contributed by atoms with Gasteiger partial charge in [-0.15, -0.1) is 0 Å². The number of rotatable bonds is 5. The summed E-state index contributed by atoms with van der Waals surface area (Å²) in [5.74, 6) is 2.31. The Morgan fingerprint density at radius 3 is 2.24 bits per heavy atom. The van der Waals surface area contributed by atoms with Gasteiger partial charge in [0.25, 0.3) is 0 Å². The van der Waals surface area contributed by atoms with E-state index in [0.29, 0.717) is 17.9 Å². The molecule has 1 saturated heterocycles. The summed E-state index contributed by atoms with van der Waals surface area (Å²) in [4.78, 5) is 15.0. The second kappa shape index (κ2) is 7.90. The molecule has 0 spiro atoms. The molecule has 0 aromatic heterocycles. The minimum absolute atomic E-state index is 0.274. The molecule has 1 aliphatic heterocycles. The maximum atomic E-state index is 12.9. The van der Waals surface area contributed by atoms with Crippen molar-refractivity contribution in [2.45, 2.75) is 63.3 Å². The van der Waals surface area contributed by atoms with Crippen LogP contribution in [-0.4, -0.2) is 36.5 Å². The molecular formula is C22H32N2O. The van der Waals surface area contributed by atoms with Gasteiger partial charge in [-0.3, -0.25) is 4.79 Å². The van der Waals surface area contributed by atoms with Gasteiger partial charge in [0, 0.05) is 25.0 Å². The molecule has 1 aromatic rings. The summed E-state index contributed by atoms with van der Waals surface area (Å²) in [7, 11) is 0. The van der Waals surface area contributed by atoms with Gasteiger partial charge in [0.2, 0.25) is 5.91 Å². The third kappa shape index (κ3) is 4.44. The maximum Gasteiger partial charge on any atom is 0.225 e. The Hall–Kier alpha value is -1.35. The quantitative estimate of drug-likeness (QED) is 0.880. The summed E-state index contributed by atoms with van der Waals surface area (Å²) in [6.45, 7) is 3.11. The van der Waals surface area contributed by atoms with E-state index in [2.05, 4.69) is 40.5 Å². The van der Waals surface area contributed by atoms with E-state index >= 15 is 0 Å². The summed E-state index contributed by atoms with van der Waals surface area (Å²) < 4.78 is 0. The second-order valence-corrected chi connectivity index (χ2v) is 8.41. The molecule has 2 saturated carbocycles. The highest BCUT2D eigenvalue weighted by Crippen LogP contribution is 2.36. The van der Waals surface area contributed by atoms with Gasteiger partial charge >= 0.3 is 0 Å². The predicted octanol–water partition coefficient (Wildman–Crippen LogP) is 3.95. The summed E-state index contributed by atoms with van der Waals surface area (Å²) in [6.07, 6.45) is 9.57. The molecule has 1 amide bonds. The molecule has 1 heterocycles. The average molecular weight is 341 g/mol. The molecule has 3 fully saturated rings. The number of hydrogen-bond donors (Lipinski definition) is 1. The van der Waals surface area contributed by atoms with Crippen molar-refractivity contribution in [1.82, 2.24) is 10.2 Å². The molecule has 3 heteroatoms. The van der Waals surface area contributed by atoms with E-state index in [1.165, 1.54) is 37.8 Å². The number of carbonyl (C=O) groups excluding carboxylic acids is 1. The second-order valence-electron chi connectivity index (χ2n) is 8.41. The number of amides is 1. The third-order valence-electron chi connectivity index (χ3n) is 6.55. The number of piperidine rings is 1. The van der Waals surface area contributed by atoms with E-state index in [1.807, 2.05) is 0 Å². The first-order valence-corrected chi connectivity index (χ1v) is 10.4. The lowest BCUT2D eigenvalue weighted by Crippen LogP contribution is -2.47. The van der Waals surface area contributed by atoms with Crippen LogP contribution in [0.25, 0.3) is 0 Å². The minimum Gasteiger partial charge on any atom is -0.342 e.